The number of aliphatic hydroxyl groups excluding tert-OH is 1. The smallest absolute Gasteiger partial charge is 0.164 e. The number of ketones is 1. The molecule has 0 aliphatic carbocycles. The van der Waals surface area contributed by atoms with Gasteiger partial charge < -0.3 is 13.9 Å². The van der Waals surface area contributed by atoms with Crippen LogP contribution in [-0.2, 0) is 30.3 Å². The molecule has 6 rings (SSSR count). The molecule has 0 fully saturated rings. The van der Waals surface area contributed by atoms with Gasteiger partial charge in [0.2, 0.25) is 0 Å². The Balaban J connectivity index is 0.000000269. The van der Waals surface area contributed by atoms with E-state index in [0.717, 1.165) is 75.6 Å². The average Bonchev–Trinajstić information content (AvgIpc) is 3.78. The van der Waals surface area contributed by atoms with Gasteiger partial charge in [-0.1, -0.05) is 104 Å². The summed E-state index contributed by atoms with van der Waals surface area (Å²) in [5.74, 6) is 1.09. The fraction of sp³-hybridized carbons (Fsp3) is 0.364. The van der Waals surface area contributed by atoms with Crippen molar-refractivity contribution in [1.29, 1.82) is 0 Å². The van der Waals surface area contributed by atoms with Crippen molar-refractivity contribution in [3.63, 3.8) is 0 Å². The first kappa shape index (κ1) is 38.8. The predicted molar refractivity (Wildman–Crippen MR) is 203 cm³/mol. The summed E-state index contributed by atoms with van der Waals surface area (Å²) in [5.41, 5.74) is 5.21. The number of allylic oxidation sites excluding steroid dienone is 2. The minimum atomic E-state index is -0.337. The van der Waals surface area contributed by atoms with Crippen molar-refractivity contribution in [2.45, 2.75) is 93.4 Å². The SMILES string of the molecule is CC(C)(C)c1cc(-c2nccc3oc(-c4cccc5occc45)cc23)[c-]c2ccccc12.CCC(C)(CC)C(=O)/C=C(\O)C(C)(CC)CC.[Ir]. The topological polar surface area (TPSA) is 76.5 Å². The van der Waals surface area contributed by atoms with Gasteiger partial charge in [0.15, 0.2) is 5.78 Å². The standard InChI is InChI=1S/C29H22NO2.C15H28O2.Ir/c1-29(2,3)24-16-19(15-18-7-4-5-8-20(18)24)28-23-17-27(32-26(23)11-13-30-28)21-9-6-10-25-22(21)12-14-31-25;1-7-14(5,8-2)12(16)11-13(17)15(6,9-3)10-4;/h4-14,16-17H,1-3H3;11,16H,7-10H2,1-6H3;/q-1;;/b;12-11-;. The van der Waals surface area contributed by atoms with Gasteiger partial charge in [0.1, 0.15) is 22.7 Å². The molecule has 0 aliphatic rings. The quantitative estimate of drug-likeness (QED) is 0.0891. The molecule has 3 aromatic carbocycles. The minimum absolute atomic E-state index is 0. The molecule has 0 saturated heterocycles. The van der Waals surface area contributed by atoms with Crippen LogP contribution in [0, 0.1) is 16.9 Å². The summed E-state index contributed by atoms with van der Waals surface area (Å²) < 4.78 is 11.9. The summed E-state index contributed by atoms with van der Waals surface area (Å²) in [6.07, 6.45) is 8.27. The zero-order chi connectivity index (χ0) is 35.6. The Hall–Kier alpha value is -3.99. The van der Waals surface area contributed by atoms with Gasteiger partial charge in [-0.25, -0.2) is 0 Å². The second-order valence-electron chi connectivity index (χ2n) is 14.6. The Bertz CT molecular complexity index is 2120. The van der Waals surface area contributed by atoms with Crippen molar-refractivity contribution in [2.24, 2.45) is 10.8 Å². The first-order valence-corrected chi connectivity index (χ1v) is 17.5. The van der Waals surface area contributed by atoms with E-state index in [1.807, 2.05) is 72.0 Å². The molecule has 6 heteroatoms. The Morgan fingerprint density at radius 2 is 1.48 bits per heavy atom. The molecule has 5 nitrogen and oxygen atoms in total. The molecular weight excluding hydrogens is 799 g/mol. The van der Waals surface area contributed by atoms with E-state index >= 15 is 0 Å². The number of rotatable bonds is 9. The Morgan fingerprint density at radius 1 is 0.800 bits per heavy atom. The number of pyridine rings is 1. The third-order valence-electron chi connectivity index (χ3n) is 10.6. The maximum absolute atomic E-state index is 12.2. The number of furan rings is 2. The third kappa shape index (κ3) is 7.67. The van der Waals surface area contributed by atoms with Crippen molar-refractivity contribution in [3.05, 3.63) is 103 Å². The monoisotopic (exact) mass is 849 g/mol. The molecule has 0 spiro atoms. The van der Waals surface area contributed by atoms with E-state index in [2.05, 4.69) is 69.3 Å². The van der Waals surface area contributed by atoms with Crippen molar-refractivity contribution in [2.75, 3.05) is 0 Å². The van der Waals surface area contributed by atoms with E-state index in [-0.39, 0.29) is 47.9 Å². The van der Waals surface area contributed by atoms with Crippen LogP contribution in [0.15, 0.2) is 99.9 Å². The van der Waals surface area contributed by atoms with Crippen LogP contribution in [0.25, 0.3) is 55.3 Å². The van der Waals surface area contributed by atoms with Gasteiger partial charge in [0.05, 0.1) is 6.26 Å². The van der Waals surface area contributed by atoms with E-state index in [1.165, 1.54) is 17.0 Å². The third-order valence-corrected chi connectivity index (χ3v) is 10.6. The number of aliphatic hydroxyl groups is 1. The number of nitrogens with zero attached hydrogens (tertiary/aromatic N) is 1. The molecule has 0 atom stereocenters. The van der Waals surface area contributed by atoms with E-state index in [9.17, 15) is 9.90 Å². The van der Waals surface area contributed by atoms with Gasteiger partial charge >= 0.3 is 0 Å². The molecule has 6 aromatic rings. The van der Waals surface area contributed by atoms with Crippen LogP contribution in [0.3, 0.4) is 0 Å². The van der Waals surface area contributed by atoms with Gasteiger partial charge in [0, 0.05) is 65.2 Å². The van der Waals surface area contributed by atoms with E-state index in [4.69, 9.17) is 13.8 Å². The number of fused-ring (bicyclic) bond motifs is 3. The fourth-order valence-electron chi connectivity index (χ4n) is 6.18. The first-order valence-electron chi connectivity index (χ1n) is 17.5. The summed E-state index contributed by atoms with van der Waals surface area (Å²) in [7, 11) is 0. The van der Waals surface area contributed by atoms with E-state index in [0.29, 0.717) is 0 Å². The summed E-state index contributed by atoms with van der Waals surface area (Å²) in [6.45, 7) is 18.8. The fourth-order valence-corrected chi connectivity index (χ4v) is 6.18. The molecule has 1 radical (unpaired) electrons. The van der Waals surface area contributed by atoms with Crippen LogP contribution in [0.5, 0.6) is 0 Å². The molecule has 3 aromatic heterocycles. The van der Waals surface area contributed by atoms with Gasteiger partial charge in [0.25, 0.3) is 0 Å². The number of carbonyl (C=O) groups excluding carboxylic acids is 1. The van der Waals surface area contributed by atoms with Crippen LogP contribution in [-0.4, -0.2) is 15.9 Å². The largest absolute Gasteiger partial charge is 0.512 e. The summed E-state index contributed by atoms with van der Waals surface area (Å²) in [5, 5.41) is 14.5. The van der Waals surface area contributed by atoms with Gasteiger partial charge in [-0.15, -0.1) is 29.1 Å². The van der Waals surface area contributed by atoms with Crippen LogP contribution in [0.1, 0.15) is 93.6 Å². The van der Waals surface area contributed by atoms with Crippen LogP contribution in [0.2, 0.25) is 0 Å². The first-order chi connectivity index (χ1) is 23.3. The van der Waals surface area contributed by atoms with Crippen LogP contribution in [0.4, 0.5) is 0 Å². The van der Waals surface area contributed by atoms with Gasteiger partial charge in [-0.3, -0.25) is 9.78 Å². The summed E-state index contributed by atoms with van der Waals surface area (Å²) in [4.78, 5) is 16.9. The molecule has 0 amide bonds. The molecule has 0 aliphatic heterocycles. The Labute approximate surface area is 310 Å². The normalized spacial score (nSPS) is 12.5. The van der Waals surface area contributed by atoms with Crippen molar-refractivity contribution >= 4 is 38.5 Å². The molecule has 265 valence electrons. The number of carbonyl (C=O) groups is 1. The van der Waals surface area contributed by atoms with Crippen LogP contribution >= 0.6 is 0 Å². The van der Waals surface area contributed by atoms with Crippen molar-refractivity contribution in [3.8, 4) is 22.6 Å². The zero-order valence-electron chi connectivity index (χ0n) is 30.9. The maximum atomic E-state index is 12.2. The van der Waals surface area contributed by atoms with Crippen molar-refractivity contribution in [1.82, 2.24) is 4.98 Å². The molecule has 50 heavy (non-hydrogen) atoms. The molecule has 0 unspecified atom stereocenters. The number of aromatic nitrogens is 1. The summed E-state index contributed by atoms with van der Waals surface area (Å²) in [6, 6.07) is 26.3. The Morgan fingerprint density at radius 3 is 2.14 bits per heavy atom. The molecule has 3 heterocycles. The molecule has 1 N–H and O–H groups in total. The zero-order valence-corrected chi connectivity index (χ0v) is 33.3. The minimum Gasteiger partial charge on any atom is -0.512 e. The second-order valence-corrected chi connectivity index (χ2v) is 14.6. The number of benzene rings is 3. The Kier molecular flexibility index (Phi) is 12.0. The van der Waals surface area contributed by atoms with Gasteiger partial charge in [-0.05, 0) is 55.4 Å². The van der Waals surface area contributed by atoms with E-state index < -0.39 is 0 Å². The molecular formula is C44H50IrNO4-. The maximum Gasteiger partial charge on any atom is 0.164 e. The number of hydrogen-bond acceptors (Lipinski definition) is 5. The predicted octanol–water partition coefficient (Wildman–Crippen LogP) is 12.8. The number of hydrogen-bond donors (Lipinski definition) is 1. The summed E-state index contributed by atoms with van der Waals surface area (Å²) >= 11 is 0. The van der Waals surface area contributed by atoms with E-state index in [1.54, 1.807) is 6.26 Å². The second kappa shape index (κ2) is 15.5. The van der Waals surface area contributed by atoms with Gasteiger partial charge in [-0.2, -0.15) is 0 Å². The molecule has 0 saturated carbocycles. The van der Waals surface area contributed by atoms with Crippen molar-refractivity contribution < 1.29 is 38.8 Å². The average molecular weight is 849 g/mol. The van der Waals surface area contributed by atoms with Crippen LogP contribution < -0.4 is 0 Å². The molecule has 0 bridgehead atoms.